The molecule has 0 saturated carbocycles. The van der Waals surface area contributed by atoms with Gasteiger partial charge in [-0.25, -0.2) is 0 Å². The van der Waals surface area contributed by atoms with E-state index >= 15 is 0 Å². The van der Waals surface area contributed by atoms with E-state index in [4.69, 9.17) is 9.47 Å². The average Bonchev–Trinajstić information content (AvgIpc) is 2.70. The zero-order chi connectivity index (χ0) is 15.4. The topological polar surface area (TPSA) is 18.5 Å². The van der Waals surface area contributed by atoms with Gasteiger partial charge in [0.15, 0.2) is 0 Å². The molecule has 0 bridgehead atoms. The number of methoxy groups -OCH3 is 2. The summed E-state index contributed by atoms with van der Waals surface area (Å²) in [5.74, 6) is 2.11. The Labute approximate surface area is 131 Å². The summed E-state index contributed by atoms with van der Waals surface area (Å²) in [7, 11) is 3.57. The van der Waals surface area contributed by atoms with Gasteiger partial charge in [0.1, 0.15) is 0 Å². The summed E-state index contributed by atoms with van der Waals surface area (Å²) in [6.07, 6.45) is 0. The molecular formula is C18H22O2Sn. The Morgan fingerprint density at radius 2 is 1.43 bits per heavy atom. The molecule has 0 aliphatic carbocycles. The zero-order valence-electron chi connectivity index (χ0n) is 13.6. The first kappa shape index (κ1) is 14.8. The Hall–Kier alpha value is -1.16. The summed E-state index contributed by atoms with van der Waals surface area (Å²) in [4.78, 5) is 4.94. The van der Waals surface area contributed by atoms with Crippen molar-refractivity contribution in [2.24, 2.45) is 0 Å². The standard InChI is InChI=1S/C16H16O2.2CH3.Sn/c1-11-12(2)16(18-4)14(10-15(11)17-3)13-8-6-5-7-9-13;;;/h5-8H,1-4H3;2*1H3;. The molecule has 3 heteroatoms. The summed E-state index contributed by atoms with van der Waals surface area (Å²) in [5, 5.41) is 0. The van der Waals surface area contributed by atoms with Crippen molar-refractivity contribution in [3.8, 4) is 22.6 Å². The second-order valence-electron chi connectivity index (χ2n) is 6.24. The Kier molecular flexibility index (Phi) is 3.47. The number of rotatable bonds is 2. The van der Waals surface area contributed by atoms with Crippen LogP contribution >= 0.6 is 0 Å². The van der Waals surface area contributed by atoms with E-state index in [9.17, 15) is 0 Å². The summed E-state index contributed by atoms with van der Waals surface area (Å²) >= 11 is -2.61. The molecule has 0 spiro atoms. The van der Waals surface area contributed by atoms with Gasteiger partial charge in [0.25, 0.3) is 0 Å². The number of fused-ring (bicyclic) bond motifs is 3. The molecule has 0 amide bonds. The van der Waals surface area contributed by atoms with Gasteiger partial charge in [-0.3, -0.25) is 0 Å². The third-order valence-corrected chi connectivity index (χ3v) is 14.9. The van der Waals surface area contributed by atoms with E-state index in [2.05, 4.69) is 48.0 Å². The fraction of sp³-hybridized carbons (Fsp3) is 0.333. The van der Waals surface area contributed by atoms with Crippen molar-refractivity contribution in [3.63, 3.8) is 0 Å². The van der Waals surface area contributed by atoms with Gasteiger partial charge in [0.2, 0.25) is 0 Å². The first-order chi connectivity index (χ1) is 9.95. The van der Waals surface area contributed by atoms with E-state index in [1.807, 2.05) is 0 Å². The van der Waals surface area contributed by atoms with E-state index in [1.54, 1.807) is 17.8 Å². The van der Waals surface area contributed by atoms with Crippen LogP contribution in [0.5, 0.6) is 11.5 Å². The third-order valence-electron chi connectivity index (χ3n) is 4.85. The molecule has 2 aromatic rings. The molecular weight excluding hydrogens is 367 g/mol. The van der Waals surface area contributed by atoms with Crippen LogP contribution in [-0.2, 0) is 0 Å². The molecule has 21 heavy (non-hydrogen) atoms. The third kappa shape index (κ3) is 1.84. The molecule has 2 nitrogen and oxygen atoms in total. The van der Waals surface area contributed by atoms with Crippen LogP contribution < -0.4 is 16.6 Å². The molecule has 0 radical (unpaired) electrons. The fourth-order valence-electron chi connectivity index (χ4n) is 3.69. The van der Waals surface area contributed by atoms with Gasteiger partial charge in [-0.15, -0.1) is 0 Å². The minimum absolute atomic E-state index is 1.03. The maximum atomic E-state index is 5.83. The van der Waals surface area contributed by atoms with Crippen LogP contribution in [0.4, 0.5) is 0 Å². The molecule has 0 aromatic heterocycles. The van der Waals surface area contributed by atoms with Crippen LogP contribution in [0.3, 0.4) is 0 Å². The summed E-state index contributed by atoms with van der Waals surface area (Å²) in [5.41, 5.74) is 5.04. The van der Waals surface area contributed by atoms with E-state index < -0.39 is 18.4 Å². The summed E-state index contributed by atoms with van der Waals surface area (Å²) in [6, 6.07) is 8.81. The number of hydrogen-bond donors (Lipinski definition) is 0. The molecule has 2 aromatic carbocycles. The molecule has 0 fully saturated rings. The second kappa shape index (κ2) is 4.94. The van der Waals surface area contributed by atoms with E-state index in [-0.39, 0.29) is 0 Å². The Morgan fingerprint density at radius 3 is 2.05 bits per heavy atom. The van der Waals surface area contributed by atoms with Crippen molar-refractivity contribution in [3.05, 3.63) is 35.4 Å². The number of hydrogen-bond acceptors (Lipinski definition) is 2. The van der Waals surface area contributed by atoms with Crippen molar-refractivity contribution in [2.45, 2.75) is 23.7 Å². The molecule has 0 N–H and O–H groups in total. The van der Waals surface area contributed by atoms with E-state index in [0.717, 1.165) is 11.5 Å². The van der Waals surface area contributed by atoms with Gasteiger partial charge in [-0.2, -0.15) is 0 Å². The predicted molar refractivity (Wildman–Crippen MR) is 91.2 cm³/mol. The minimum atomic E-state index is -2.61. The van der Waals surface area contributed by atoms with Crippen LogP contribution in [0.2, 0.25) is 9.88 Å². The SMILES string of the molecule is COc1c(C)c(C)c(OC)[c]2c1-c1cccc[c]1[Sn]2([CH3])[CH3]. The first-order valence-electron chi connectivity index (χ1n) is 7.30. The van der Waals surface area contributed by atoms with Gasteiger partial charge >= 0.3 is 131 Å². The average molecular weight is 389 g/mol. The zero-order valence-corrected chi connectivity index (χ0v) is 16.5. The van der Waals surface area contributed by atoms with Crippen LogP contribution in [0.15, 0.2) is 24.3 Å². The molecule has 110 valence electrons. The molecule has 1 aliphatic rings. The summed E-state index contributed by atoms with van der Waals surface area (Å²) < 4.78 is 14.6. The number of ether oxygens (including phenoxy) is 2. The van der Waals surface area contributed by atoms with Gasteiger partial charge in [-0.05, 0) is 0 Å². The van der Waals surface area contributed by atoms with Crippen molar-refractivity contribution in [1.82, 2.24) is 0 Å². The van der Waals surface area contributed by atoms with Crippen LogP contribution in [0.25, 0.3) is 11.1 Å². The molecule has 3 rings (SSSR count). The molecule has 1 heterocycles. The summed E-state index contributed by atoms with van der Waals surface area (Å²) in [6.45, 7) is 4.27. The maximum absolute atomic E-state index is 5.83. The van der Waals surface area contributed by atoms with Crippen molar-refractivity contribution >= 4 is 25.5 Å². The Morgan fingerprint density at radius 1 is 0.857 bits per heavy atom. The Bertz CT molecular complexity index is 732. The predicted octanol–water partition coefficient (Wildman–Crippen LogP) is 3.12. The monoisotopic (exact) mass is 390 g/mol. The molecule has 0 saturated heterocycles. The van der Waals surface area contributed by atoms with Gasteiger partial charge in [0.05, 0.1) is 0 Å². The first-order valence-corrected chi connectivity index (χ1v) is 15.9. The van der Waals surface area contributed by atoms with E-state index in [1.165, 1.54) is 25.8 Å². The van der Waals surface area contributed by atoms with Gasteiger partial charge in [-0.1, -0.05) is 0 Å². The van der Waals surface area contributed by atoms with Gasteiger partial charge < -0.3 is 0 Å². The number of benzene rings is 2. The molecule has 0 atom stereocenters. The van der Waals surface area contributed by atoms with Crippen LogP contribution in [-0.4, -0.2) is 32.6 Å². The normalized spacial score (nSPS) is 14.6. The van der Waals surface area contributed by atoms with Crippen LogP contribution in [0, 0.1) is 13.8 Å². The van der Waals surface area contributed by atoms with Crippen LogP contribution in [0.1, 0.15) is 11.1 Å². The van der Waals surface area contributed by atoms with Crippen molar-refractivity contribution < 1.29 is 9.47 Å². The van der Waals surface area contributed by atoms with Gasteiger partial charge in [0, 0.05) is 0 Å². The molecule has 1 aliphatic heterocycles. The van der Waals surface area contributed by atoms with Crippen molar-refractivity contribution in [2.75, 3.05) is 14.2 Å². The Balaban J connectivity index is 2.52. The van der Waals surface area contributed by atoms with Crippen molar-refractivity contribution in [1.29, 1.82) is 0 Å². The second-order valence-corrected chi connectivity index (χ2v) is 18.5. The van der Waals surface area contributed by atoms with E-state index in [0.29, 0.717) is 0 Å². The quantitative estimate of drug-likeness (QED) is 0.736. The molecule has 0 unspecified atom stereocenters. The fourth-order valence-corrected chi connectivity index (χ4v) is 13.4.